The summed E-state index contributed by atoms with van der Waals surface area (Å²) < 4.78 is 16.6. The van der Waals surface area contributed by atoms with Crippen LogP contribution in [0.5, 0.6) is 0 Å². The lowest BCUT2D eigenvalue weighted by Crippen LogP contribution is -2.27. The van der Waals surface area contributed by atoms with Gasteiger partial charge in [-0.3, -0.25) is 0 Å². The molecule has 2 aromatic rings. The Balaban J connectivity index is 1.80. The van der Waals surface area contributed by atoms with Crippen LogP contribution in [0.2, 0.25) is 0 Å². The van der Waals surface area contributed by atoms with Crippen LogP contribution in [0.1, 0.15) is 35.7 Å². The first kappa shape index (κ1) is 13.5. The fourth-order valence-electron chi connectivity index (χ4n) is 3.44. The zero-order chi connectivity index (χ0) is 14.4. The lowest BCUT2D eigenvalue weighted by molar-refractivity contribution is 0.450. The molecule has 0 aliphatic carbocycles. The van der Waals surface area contributed by atoms with Crippen molar-refractivity contribution in [3.63, 3.8) is 0 Å². The molecule has 1 aromatic carbocycles. The summed E-state index contributed by atoms with van der Waals surface area (Å²) in [5, 5.41) is 8.26. The standard InChI is InChI=1S/C16H17BrFN3/c17-15-14-3-1-11-9-12(18)2-4-13(11)21(14)20-16(15)10-5-7-19-8-6-10/h2,4,9-10,19H,1,3,5-8H2. The topological polar surface area (TPSA) is 29.9 Å². The van der Waals surface area contributed by atoms with Crippen molar-refractivity contribution in [2.75, 3.05) is 13.1 Å². The molecule has 1 saturated heterocycles. The average molecular weight is 350 g/mol. The van der Waals surface area contributed by atoms with Crippen LogP contribution < -0.4 is 5.32 Å². The fraction of sp³-hybridized carbons (Fsp3) is 0.438. The van der Waals surface area contributed by atoms with Gasteiger partial charge < -0.3 is 5.32 Å². The second-order valence-corrected chi connectivity index (χ2v) is 6.65. The molecule has 0 amide bonds. The van der Waals surface area contributed by atoms with Crippen LogP contribution in [0.15, 0.2) is 22.7 Å². The summed E-state index contributed by atoms with van der Waals surface area (Å²) in [5.74, 6) is 0.352. The highest BCUT2D eigenvalue weighted by Crippen LogP contribution is 2.37. The van der Waals surface area contributed by atoms with Crippen LogP contribution in [0.4, 0.5) is 4.39 Å². The van der Waals surface area contributed by atoms with Gasteiger partial charge in [0.1, 0.15) is 5.82 Å². The molecule has 0 unspecified atom stereocenters. The molecule has 2 aliphatic rings. The minimum Gasteiger partial charge on any atom is -0.317 e. The second kappa shape index (κ2) is 5.21. The van der Waals surface area contributed by atoms with Gasteiger partial charge in [0.2, 0.25) is 0 Å². The zero-order valence-corrected chi connectivity index (χ0v) is 13.3. The maximum atomic E-state index is 13.4. The molecule has 1 fully saturated rings. The van der Waals surface area contributed by atoms with Crippen molar-refractivity contribution in [3.05, 3.63) is 45.4 Å². The van der Waals surface area contributed by atoms with Gasteiger partial charge in [0, 0.05) is 5.92 Å². The van der Waals surface area contributed by atoms with Crippen molar-refractivity contribution < 1.29 is 4.39 Å². The third kappa shape index (κ3) is 2.23. The van der Waals surface area contributed by atoms with Crippen molar-refractivity contribution in [2.45, 2.75) is 31.6 Å². The van der Waals surface area contributed by atoms with E-state index in [1.54, 1.807) is 6.07 Å². The summed E-state index contributed by atoms with van der Waals surface area (Å²) in [6.45, 7) is 2.11. The number of nitrogens with zero attached hydrogens (tertiary/aromatic N) is 2. The highest BCUT2D eigenvalue weighted by Gasteiger charge is 2.27. The molecule has 3 nitrogen and oxygen atoms in total. The number of piperidine rings is 1. The van der Waals surface area contributed by atoms with Gasteiger partial charge in [-0.1, -0.05) is 0 Å². The Morgan fingerprint density at radius 2 is 2.05 bits per heavy atom. The van der Waals surface area contributed by atoms with E-state index < -0.39 is 0 Å². The minimum atomic E-state index is -0.165. The Bertz CT molecular complexity index is 689. The van der Waals surface area contributed by atoms with E-state index in [0.29, 0.717) is 5.92 Å². The van der Waals surface area contributed by atoms with Gasteiger partial charge >= 0.3 is 0 Å². The van der Waals surface area contributed by atoms with Gasteiger partial charge in [-0.15, -0.1) is 0 Å². The predicted octanol–water partition coefficient (Wildman–Crippen LogP) is 3.34. The number of fused-ring (bicyclic) bond motifs is 3. The molecule has 3 heterocycles. The molecule has 0 saturated carbocycles. The molecule has 0 radical (unpaired) electrons. The third-order valence-corrected chi connectivity index (χ3v) is 5.43. The van der Waals surface area contributed by atoms with Gasteiger partial charge in [-0.25, -0.2) is 9.07 Å². The van der Waals surface area contributed by atoms with E-state index in [-0.39, 0.29) is 5.82 Å². The molecule has 0 atom stereocenters. The van der Waals surface area contributed by atoms with E-state index in [1.165, 1.54) is 17.5 Å². The average Bonchev–Trinajstić information content (AvgIpc) is 2.85. The largest absolute Gasteiger partial charge is 0.317 e. The number of aryl methyl sites for hydroxylation is 1. The van der Waals surface area contributed by atoms with E-state index in [0.717, 1.165) is 54.5 Å². The second-order valence-electron chi connectivity index (χ2n) is 5.86. The molecule has 2 aliphatic heterocycles. The Labute approximate surface area is 131 Å². The maximum Gasteiger partial charge on any atom is 0.123 e. The minimum absolute atomic E-state index is 0.165. The van der Waals surface area contributed by atoms with Crippen LogP contribution in [0.25, 0.3) is 5.69 Å². The van der Waals surface area contributed by atoms with Gasteiger partial charge in [0.05, 0.1) is 21.5 Å². The van der Waals surface area contributed by atoms with Crippen LogP contribution >= 0.6 is 15.9 Å². The molecule has 0 bridgehead atoms. The van der Waals surface area contributed by atoms with Gasteiger partial charge in [0.15, 0.2) is 0 Å². The van der Waals surface area contributed by atoms with Crippen molar-refractivity contribution >= 4 is 15.9 Å². The van der Waals surface area contributed by atoms with E-state index >= 15 is 0 Å². The van der Waals surface area contributed by atoms with Crippen molar-refractivity contribution in [2.24, 2.45) is 0 Å². The maximum absolute atomic E-state index is 13.4. The zero-order valence-electron chi connectivity index (χ0n) is 11.7. The number of aromatic nitrogens is 2. The van der Waals surface area contributed by atoms with E-state index in [2.05, 4.69) is 21.2 Å². The van der Waals surface area contributed by atoms with Crippen molar-refractivity contribution in [3.8, 4) is 5.69 Å². The summed E-state index contributed by atoms with van der Waals surface area (Å²) in [4.78, 5) is 0. The summed E-state index contributed by atoms with van der Waals surface area (Å²) in [6, 6.07) is 5.00. The molecule has 1 aromatic heterocycles. The molecule has 0 spiro atoms. The number of nitrogens with one attached hydrogen (secondary N) is 1. The monoisotopic (exact) mass is 349 g/mol. The van der Waals surface area contributed by atoms with E-state index in [1.807, 2.05) is 10.7 Å². The van der Waals surface area contributed by atoms with Crippen molar-refractivity contribution in [1.29, 1.82) is 0 Å². The lowest BCUT2D eigenvalue weighted by atomic mass is 9.94. The number of rotatable bonds is 1. The van der Waals surface area contributed by atoms with Crippen LogP contribution in [0.3, 0.4) is 0 Å². The Kier molecular flexibility index (Phi) is 3.34. The number of hydrogen-bond donors (Lipinski definition) is 1. The highest BCUT2D eigenvalue weighted by atomic mass is 79.9. The number of hydrogen-bond acceptors (Lipinski definition) is 2. The molecule has 21 heavy (non-hydrogen) atoms. The first-order chi connectivity index (χ1) is 10.2. The number of halogens is 2. The normalized spacial score (nSPS) is 18.4. The van der Waals surface area contributed by atoms with Gasteiger partial charge in [-0.05, 0) is 78.5 Å². The Hall–Kier alpha value is -1.20. The molecule has 4 rings (SSSR count). The first-order valence-corrected chi connectivity index (χ1v) is 8.30. The predicted molar refractivity (Wildman–Crippen MR) is 83.5 cm³/mol. The fourth-order valence-corrected chi connectivity index (χ4v) is 4.21. The quantitative estimate of drug-likeness (QED) is 0.855. The smallest absolute Gasteiger partial charge is 0.123 e. The first-order valence-electron chi connectivity index (χ1n) is 7.51. The summed E-state index contributed by atoms with van der Waals surface area (Å²) in [6.07, 6.45) is 4.05. The summed E-state index contributed by atoms with van der Waals surface area (Å²) in [7, 11) is 0. The van der Waals surface area contributed by atoms with Crippen LogP contribution in [-0.4, -0.2) is 22.9 Å². The molecular formula is C16H17BrFN3. The lowest BCUT2D eigenvalue weighted by Gasteiger charge is -2.21. The van der Waals surface area contributed by atoms with E-state index in [9.17, 15) is 4.39 Å². The Morgan fingerprint density at radius 3 is 2.86 bits per heavy atom. The molecule has 1 N–H and O–H groups in total. The van der Waals surface area contributed by atoms with Gasteiger partial charge in [0.25, 0.3) is 0 Å². The Morgan fingerprint density at radius 1 is 1.24 bits per heavy atom. The van der Waals surface area contributed by atoms with Crippen LogP contribution in [-0.2, 0) is 12.8 Å². The number of benzene rings is 1. The van der Waals surface area contributed by atoms with Gasteiger partial charge in [-0.2, -0.15) is 5.10 Å². The molecule has 5 heteroatoms. The SMILES string of the molecule is Fc1ccc2c(c1)CCc1c(Br)c(C3CCNCC3)nn1-2. The molecule has 110 valence electrons. The highest BCUT2D eigenvalue weighted by molar-refractivity contribution is 9.10. The molecular weight excluding hydrogens is 333 g/mol. The third-order valence-electron chi connectivity index (χ3n) is 4.57. The van der Waals surface area contributed by atoms with Crippen molar-refractivity contribution in [1.82, 2.24) is 15.1 Å². The van der Waals surface area contributed by atoms with Crippen LogP contribution in [0, 0.1) is 5.82 Å². The summed E-state index contributed by atoms with van der Waals surface area (Å²) in [5.41, 5.74) is 4.47. The summed E-state index contributed by atoms with van der Waals surface area (Å²) >= 11 is 3.76. The van der Waals surface area contributed by atoms with E-state index in [4.69, 9.17) is 5.10 Å².